The van der Waals surface area contributed by atoms with Gasteiger partial charge in [0.15, 0.2) is 0 Å². The molecule has 3 heteroatoms. The molecule has 4 atom stereocenters. The first-order valence-corrected chi connectivity index (χ1v) is 9.14. The number of benzene rings is 2. The fraction of sp³-hybridized carbons (Fsp3) is 0.476. The van der Waals surface area contributed by atoms with Crippen molar-refractivity contribution in [3.63, 3.8) is 0 Å². The van der Waals surface area contributed by atoms with Crippen molar-refractivity contribution in [2.24, 2.45) is 11.1 Å². The molecule has 2 fully saturated rings. The van der Waals surface area contributed by atoms with Gasteiger partial charge in [0.05, 0.1) is 5.71 Å². The third-order valence-electron chi connectivity index (χ3n) is 5.84. The van der Waals surface area contributed by atoms with E-state index in [0.717, 1.165) is 6.42 Å². The van der Waals surface area contributed by atoms with Crippen LogP contribution in [0.4, 0.5) is 0 Å². The fourth-order valence-electron chi connectivity index (χ4n) is 4.78. The van der Waals surface area contributed by atoms with Gasteiger partial charge < -0.3 is 10.2 Å². The lowest BCUT2D eigenvalue weighted by Gasteiger charge is -2.38. The van der Waals surface area contributed by atoms with Crippen LogP contribution in [0.3, 0.4) is 0 Å². The van der Waals surface area contributed by atoms with Crippen molar-refractivity contribution in [2.45, 2.75) is 50.6 Å². The zero-order valence-electron chi connectivity index (χ0n) is 14.5. The highest BCUT2D eigenvalue weighted by molar-refractivity contribution is 5.88. The van der Waals surface area contributed by atoms with Gasteiger partial charge in [-0.2, -0.15) is 0 Å². The van der Waals surface area contributed by atoms with Gasteiger partial charge in [-0.1, -0.05) is 54.5 Å². The summed E-state index contributed by atoms with van der Waals surface area (Å²) >= 11 is 0. The van der Waals surface area contributed by atoms with Crippen LogP contribution in [0.2, 0.25) is 0 Å². The largest absolute Gasteiger partial charge is 0.399 e. The van der Waals surface area contributed by atoms with Gasteiger partial charge in [-0.3, -0.25) is 0 Å². The van der Waals surface area contributed by atoms with Crippen LogP contribution in [-0.4, -0.2) is 24.9 Å². The Balaban J connectivity index is 1.75. The Kier molecular flexibility index (Phi) is 4.28. The number of rotatable bonds is 4. The van der Waals surface area contributed by atoms with Crippen LogP contribution in [0.1, 0.15) is 44.1 Å². The third-order valence-corrected chi connectivity index (χ3v) is 5.84. The molecule has 0 amide bonds. The minimum Gasteiger partial charge on any atom is -0.399 e. The normalized spacial score (nSPS) is 29.8. The Labute approximate surface area is 144 Å². The summed E-state index contributed by atoms with van der Waals surface area (Å²) in [6.07, 6.45) is 4.69. The lowest BCUT2D eigenvalue weighted by molar-refractivity contribution is 0.204. The highest BCUT2D eigenvalue weighted by atomic mass is 16.6. The monoisotopic (exact) mass is 322 g/mol. The van der Waals surface area contributed by atoms with Crippen molar-refractivity contribution < 1.29 is 4.84 Å². The van der Waals surface area contributed by atoms with Crippen LogP contribution < -0.4 is 5.32 Å². The quantitative estimate of drug-likeness (QED) is 0.665. The van der Waals surface area contributed by atoms with E-state index in [4.69, 9.17) is 4.84 Å². The lowest BCUT2D eigenvalue weighted by atomic mass is 9.73. The average molecular weight is 322 g/mol. The summed E-state index contributed by atoms with van der Waals surface area (Å²) in [5.41, 5.74) is 2.66. The van der Waals surface area contributed by atoms with Crippen molar-refractivity contribution in [3.05, 3.63) is 48.0 Å². The molecule has 2 aliphatic rings. The molecular weight excluding hydrogens is 296 g/mol. The first-order chi connectivity index (χ1) is 11.8. The van der Waals surface area contributed by atoms with E-state index in [9.17, 15) is 0 Å². The average Bonchev–Trinajstić information content (AvgIpc) is 3.01. The Bertz CT molecular complexity index is 754. The minimum atomic E-state index is 0.440. The molecule has 2 bridgehead atoms. The first-order valence-electron chi connectivity index (χ1n) is 9.14. The standard InChI is InChI=1S/C21H26N2O/c1-3-19(23-24-2)21-18(13-17-10-11-20(21)22-17)16-9-8-14-6-4-5-7-15(14)12-16/h4-9,12,17-18,20-22H,3,10-11,13H2,1-2H3/t17?,18-,20-,21-/m1/s1. The van der Waals surface area contributed by atoms with Gasteiger partial charge in [0.2, 0.25) is 0 Å². The molecule has 0 spiro atoms. The van der Waals surface area contributed by atoms with E-state index in [0.29, 0.717) is 23.9 Å². The van der Waals surface area contributed by atoms with Crippen LogP contribution in [0, 0.1) is 5.92 Å². The summed E-state index contributed by atoms with van der Waals surface area (Å²) in [7, 11) is 1.66. The van der Waals surface area contributed by atoms with E-state index in [2.05, 4.69) is 59.9 Å². The number of fused-ring (bicyclic) bond motifs is 3. The van der Waals surface area contributed by atoms with Gasteiger partial charge in [-0.05, 0) is 47.9 Å². The Hall–Kier alpha value is -1.87. The second-order valence-corrected chi connectivity index (χ2v) is 7.14. The van der Waals surface area contributed by atoms with Gasteiger partial charge >= 0.3 is 0 Å². The van der Waals surface area contributed by atoms with Gasteiger partial charge in [0, 0.05) is 18.0 Å². The molecule has 24 heavy (non-hydrogen) atoms. The number of nitrogens with zero attached hydrogens (tertiary/aromatic N) is 1. The molecule has 2 saturated heterocycles. The van der Waals surface area contributed by atoms with Crippen molar-refractivity contribution in [2.75, 3.05) is 7.11 Å². The van der Waals surface area contributed by atoms with E-state index >= 15 is 0 Å². The minimum absolute atomic E-state index is 0.440. The lowest BCUT2D eigenvalue weighted by Crippen LogP contribution is -2.47. The summed E-state index contributed by atoms with van der Waals surface area (Å²) in [6, 6.07) is 16.8. The number of piperidine rings is 1. The topological polar surface area (TPSA) is 33.6 Å². The zero-order valence-corrected chi connectivity index (χ0v) is 14.5. The van der Waals surface area contributed by atoms with Crippen LogP contribution in [0.5, 0.6) is 0 Å². The van der Waals surface area contributed by atoms with E-state index in [1.165, 1.54) is 41.3 Å². The first kappa shape index (κ1) is 15.6. The number of oxime groups is 1. The summed E-state index contributed by atoms with van der Waals surface area (Å²) < 4.78 is 0. The molecule has 2 aromatic carbocycles. The molecule has 0 aliphatic carbocycles. The second-order valence-electron chi connectivity index (χ2n) is 7.14. The smallest absolute Gasteiger partial charge is 0.106 e. The third kappa shape index (κ3) is 2.71. The summed E-state index contributed by atoms with van der Waals surface area (Å²) in [4.78, 5) is 5.17. The molecule has 2 aromatic rings. The predicted molar refractivity (Wildman–Crippen MR) is 99.5 cm³/mol. The van der Waals surface area contributed by atoms with Gasteiger partial charge in [-0.25, -0.2) is 0 Å². The molecule has 2 heterocycles. The van der Waals surface area contributed by atoms with E-state index < -0.39 is 0 Å². The van der Waals surface area contributed by atoms with Crippen LogP contribution in [-0.2, 0) is 4.84 Å². The Morgan fingerprint density at radius 1 is 1.17 bits per heavy atom. The van der Waals surface area contributed by atoms with Gasteiger partial charge in [-0.15, -0.1) is 0 Å². The van der Waals surface area contributed by atoms with Crippen LogP contribution in [0.25, 0.3) is 10.8 Å². The number of hydrogen-bond acceptors (Lipinski definition) is 3. The molecular formula is C21H26N2O. The molecule has 1 unspecified atom stereocenters. The highest BCUT2D eigenvalue weighted by Gasteiger charge is 2.44. The highest BCUT2D eigenvalue weighted by Crippen LogP contribution is 2.43. The van der Waals surface area contributed by atoms with Crippen molar-refractivity contribution in [1.29, 1.82) is 0 Å². The molecule has 4 rings (SSSR count). The summed E-state index contributed by atoms with van der Waals surface area (Å²) in [5.74, 6) is 0.970. The van der Waals surface area contributed by atoms with Crippen LogP contribution in [0.15, 0.2) is 47.6 Å². The molecule has 0 saturated carbocycles. The molecule has 0 aromatic heterocycles. The molecule has 126 valence electrons. The molecule has 3 nitrogen and oxygen atoms in total. The maximum Gasteiger partial charge on any atom is 0.106 e. The van der Waals surface area contributed by atoms with Crippen molar-refractivity contribution in [3.8, 4) is 0 Å². The fourth-order valence-corrected chi connectivity index (χ4v) is 4.78. The van der Waals surface area contributed by atoms with E-state index in [-0.39, 0.29) is 0 Å². The zero-order chi connectivity index (χ0) is 16.5. The number of nitrogens with one attached hydrogen (secondary N) is 1. The SMILES string of the molecule is CCC(=NOC)[C@H]1[C@@H](c2ccc3ccccc3c2)CC2CC[C@H]1N2. The maximum atomic E-state index is 5.17. The summed E-state index contributed by atoms with van der Waals surface area (Å²) in [6.45, 7) is 2.19. The van der Waals surface area contributed by atoms with Gasteiger partial charge in [0.1, 0.15) is 7.11 Å². The van der Waals surface area contributed by atoms with E-state index in [1.54, 1.807) is 7.11 Å². The van der Waals surface area contributed by atoms with Crippen molar-refractivity contribution >= 4 is 16.5 Å². The Morgan fingerprint density at radius 2 is 2.00 bits per heavy atom. The summed E-state index contributed by atoms with van der Waals surface area (Å²) in [5, 5.41) is 10.9. The second kappa shape index (κ2) is 6.56. The maximum absolute atomic E-state index is 5.17. The Morgan fingerprint density at radius 3 is 2.79 bits per heavy atom. The molecule has 0 radical (unpaired) electrons. The molecule has 1 N–H and O–H groups in total. The number of hydrogen-bond donors (Lipinski definition) is 1. The van der Waals surface area contributed by atoms with Crippen LogP contribution >= 0.6 is 0 Å². The van der Waals surface area contributed by atoms with Crippen molar-refractivity contribution in [1.82, 2.24) is 5.32 Å². The van der Waals surface area contributed by atoms with E-state index in [1.807, 2.05) is 0 Å². The predicted octanol–water partition coefficient (Wildman–Crippen LogP) is 4.48. The molecule has 2 aliphatic heterocycles. The van der Waals surface area contributed by atoms with Gasteiger partial charge in [0.25, 0.3) is 0 Å².